The third kappa shape index (κ3) is 3.09. The second-order valence-corrected chi connectivity index (χ2v) is 4.06. The third-order valence-corrected chi connectivity index (χ3v) is 2.16. The number of aromatic nitrogens is 1. The number of hydrogen-bond donors (Lipinski definition) is 2. The van der Waals surface area contributed by atoms with Crippen molar-refractivity contribution in [3.8, 4) is 0 Å². The molecule has 0 spiro atoms. The van der Waals surface area contributed by atoms with Gasteiger partial charge in [-0.25, -0.2) is 4.98 Å². The number of amides is 1. The first kappa shape index (κ1) is 11.8. The maximum atomic E-state index is 11.5. The summed E-state index contributed by atoms with van der Waals surface area (Å²) in [5.74, 6) is 0.473. The first-order valence-corrected chi connectivity index (χ1v) is 4.96. The zero-order valence-electron chi connectivity index (χ0n) is 8.97. The number of halogens is 1. The highest BCUT2D eigenvalue weighted by atomic mass is 35.5. The Morgan fingerprint density at radius 1 is 1.47 bits per heavy atom. The number of nitrogens with one attached hydrogen (secondary N) is 2. The van der Waals surface area contributed by atoms with E-state index in [4.69, 9.17) is 11.6 Å². The predicted octanol–water partition coefficient (Wildman–Crippen LogP) is 1.67. The molecule has 1 amide bonds. The molecule has 0 saturated heterocycles. The molecule has 0 radical (unpaired) electrons. The molecular weight excluding hydrogens is 214 g/mol. The predicted molar refractivity (Wildman–Crippen MR) is 61.0 cm³/mol. The summed E-state index contributed by atoms with van der Waals surface area (Å²) in [7, 11) is 1.59. The topological polar surface area (TPSA) is 54.0 Å². The number of pyridine rings is 1. The van der Waals surface area contributed by atoms with Gasteiger partial charge < -0.3 is 10.6 Å². The number of likely N-dealkylation sites (N-methyl/N-ethyl adjacent to an activating group) is 1. The standard InChI is InChI=1S/C10H14ClN3O/c1-10(2,9(15)12-3)14-8-6-4-5-7(11)13-8/h4-6H,1-3H3,(H,12,15)(H,13,14). The fourth-order valence-corrected chi connectivity index (χ4v) is 1.33. The van der Waals surface area contributed by atoms with Crippen LogP contribution in [-0.2, 0) is 4.79 Å². The summed E-state index contributed by atoms with van der Waals surface area (Å²) in [5, 5.41) is 5.98. The van der Waals surface area contributed by atoms with Crippen molar-refractivity contribution in [2.75, 3.05) is 12.4 Å². The molecule has 2 N–H and O–H groups in total. The molecule has 0 aliphatic heterocycles. The quantitative estimate of drug-likeness (QED) is 0.773. The Morgan fingerprint density at radius 2 is 2.13 bits per heavy atom. The number of carbonyl (C=O) groups excluding carboxylic acids is 1. The number of hydrogen-bond acceptors (Lipinski definition) is 3. The molecular formula is C10H14ClN3O. The van der Waals surface area contributed by atoms with Gasteiger partial charge in [0, 0.05) is 7.05 Å². The molecule has 1 aromatic heterocycles. The molecule has 0 saturated carbocycles. The first-order chi connectivity index (χ1) is 6.95. The van der Waals surface area contributed by atoms with Gasteiger partial charge in [0.05, 0.1) is 0 Å². The molecule has 15 heavy (non-hydrogen) atoms. The van der Waals surface area contributed by atoms with Crippen molar-refractivity contribution < 1.29 is 4.79 Å². The lowest BCUT2D eigenvalue weighted by Gasteiger charge is -2.24. The SMILES string of the molecule is CNC(=O)C(C)(C)Nc1cccc(Cl)n1. The summed E-state index contributed by atoms with van der Waals surface area (Å²) in [5.41, 5.74) is -0.716. The molecule has 0 aliphatic carbocycles. The molecule has 0 aliphatic rings. The smallest absolute Gasteiger partial charge is 0.244 e. The van der Waals surface area contributed by atoms with Crippen LogP contribution in [0.15, 0.2) is 18.2 Å². The molecule has 1 heterocycles. The molecule has 0 unspecified atom stereocenters. The van der Waals surface area contributed by atoms with Crippen molar-refractivity contribution in [3.05, 3.63) is 23.4 Å². The van der Waals surface area contributed by atoms with Gasteiger partial charge in [-0.2, -0.15) is 0 Å². The van der Waals surface area contributed by atoms with E-state index in [1.54, 1.807) is 39.1 Å². The van der Waals surface area contributed by atoms with Gasteiger partial charge in [-0.1, -0.05) is 17.7 Å². The molecule has 4 nitrogen and oxygen atoms in total. The summed E-state index contributed by atoms with van der Waals surface area (Å²) in [4.78, 5) is 15.5. The molecule has 0 aromatic carbocycles. The monoisotopic (exact) mass is 227 g/mol. The molecule has 5 heteroatoms. The highest BCUT2D eigenvalue weighted by Gasteiger charge is 2.26. The van der Waals surface area contributed by atoms with Gasteiger partial charge in [0.2, 0.25) is 5.91 Å². The molecule has 0 fully saturated rings. The minimum atomic E-state index is -0.716. The molecule has 1 rings (SSSR count). The van der Waals surface area contributed by atoms with Gasteiger partial charge in [-0.15, -0.1) is 0 Å². The van der Waals surface area contributed by atoms with Crippen molar-refractivity contribution in [1.29, 1.82) is 0 Å². The largest absolute Gasteiger partial charge is 0.357 e. The number of rotatable bonds is 3. The van der Waals surface area contributed by atoms with E-state index in [0.29, 0.717) is 11.0 Å². The van der Waals surface area contributed by atoms with Gasteiger partial charge in [0.25, 0.3) is 0 Å². The van der Waals surface area contributed by atoms with E-state index in [0.717, 1.165) is 0 Å². The molecule has 0 bridgehead atoms. The maximum absolute atomic E-state index is 11.5. The molecule has 0 atom stereocenters. The van der Waals surface area contributed by atoms with Crippen molar-refractivity contribution >= 4 is 23.3 Å². The van der Waals surface area contributed by atoms with Crippen LogP contribution < -0.4 is 10.6 Å². The van der Waals surface area contributed by atoms with E-state index in [2.05, 4.69) is 15.6 Å². The highest BCUT2D eigenvalue weighted by Crippen LogP contribution is 2.15. The van der Waals surface area contributed by atoms with Crippen LogP contribution in [0.2, 0.25) is 5.15 Å². The van der Waals surface area contributed by atoms with E-state index >= 15 is 0 Å². The van der Waals surface area contributed by atoms with Gasteiger partial charge in [-0.05, 0) is 26.0 Å². The van der Waals surface area contributed by atoms with Crippen LogP contribution in [0.1, 0.15) is 13.8 Å². The van der Waals surface area contributed by atoms with Crippen LogP contribution in [0, 0.1) is 0 Å². The number of anilines is 1. The number of carbonyl (C=O) groups is 1. The lowest BCUT2D eigenvalue weighted by atomic mass is 10.1. The van der Waals surface area contributed by atoms with Crippen molar-refractivity contribution in [1.82, 2.24) is 10.3 Å². The minimum Gasteiger partial charge on any atom is -0.357 e. The van der Waals surface area contributed by atoms with E-state index in [-0.39, 0.29) is 5.91 Å². The van der Waals surface area contributed by atoms with Crippen molar-refractivity contribution in [2.24, 2.45) is 0 Å². The second kappa shape index (κ2) is 4.49. The summed E-state index contributed by atoms with van der Waals surface area (Å²) >= 11 is 5.74. The van der Waals surface area contributed by atoms with Gasteiger partial charge in [-0.3, -0.25) is 4.79 Å². The summed E-state index contributed by atoms with van der Waals surface area (Å²) in [6, 6.07) is 5.22. The number of nitrogens with zero attached hydrogens (tertiary/aromatic N) is 1. The lowest BCUT2D eigenvalue weighted by molar-refractivity contribution is -0.123. The fourth-order valence-electron chi connectivity index (χ4n) is 1.17. The third-order valence-electron chi connectivity index (χ3n) is 1.95. The average molecular weight is 228 g/mol. The Hall–Kier alpha value is -1.29. The van der Waals surface area contributed by atoms with Crippen molar-refractivity contribution in [2.45, 2.75) is 19.4 Å². The van der Waals surface area contributed by atoms with E-state index in [9.17, 15) is 4.79 Å². The maximum Gasteiger partial charge on any atom is 0.244 e. The van der Waals surface area contributed by atoms with Crippen LogP contribution in [0.5, 0.6) is 0 Å². The fraction of sp³-hybridized carbons (Fsp3) is 0.400. The minimum absolute atomic E-state index is 0.107. The normalized spacial score (nSPS) is 10.9. The summed E-state index contributed by atoms with van der Waals surface area (Å²) in [6.07, 6.45) is 0. The van der Waals surface area contributed by atoms with Gasteiger partial charge >= 0.3 is 0 Å². The van der Waals surface area contributed by atoms with E-state index < -0.39 is 5.54 Å². The Kier molecular flexibility index (Phi) is 3.52. The van der Waals surface area contributed by atoms with Crippen LogP contribution in [-0.4, -0.2) is 23.5 Å². The average Bonchev–Trinajstić information content (AvgIpc) is 2.15. The zero-order chi connectivity index (χ0) is 11.5. The molecule has 82 valence electrons. The van der Waals surface area contributed by atoms with Crippen LogP contribution in [0.25, 0.3) is 0 Å². The van der Waals surface area contributed by atoms with Crippen molar-refractivity contribution in [3.63, 3.8) is 0 Å². The highest BCUT2D eigenvalue weighted by molar-refractivity contribution is 6.29. The van der Waals surface area contributed by atoms with E-state index in [1.807, 2.05) is 0 Å². The zero-order valence-corrected chi connectivity index (χ0v) is 9.72. The molecule has 1 aromatic rings. The summed E-state index contributed by atoms with van der Waals surface area (Å²) < 4.78 is 0. The Labute approximate surface area is 94.0 Å². The lowest BCUT2D eigenvalue weighted by Crippen LogP contribution is -2.46. The second-order valence-electron chi connectivity index (χ2n) is 3.67. The summed E-state index contributed by atoms with van der Waals surface area (Å²) in [6.45, 7) is 3.54. The van der Waals surface area contributed by atoms with Crippen LogP contribution >= 0.6 is 11.6 Å². The Balaban J connectivity index is 2.81. The van der Waals surface area contributed by atoms with Gasteiger partial charge in [0.15, 0.2) is 0 Å². The van der Waals surface area contributed by atoms with Crippen LogP contribution in [0.3, 0.4) is 0 Å². The Morgan fingerprint density at radius 3 is 2.67 bits per heavy atom. The van der Waals surface area contributed by atoms with Crippen LogP contribution in [0.4, 0.5) is 5.82 Å². The van der Waals surface area contributed by atoms with Gasteiger partial charge in [0.1, 0.15) is 16.5 Å². The van der Waals surface area contributed by atoms with E-state index in [1.165, 1.54) is 0 Å². The Bertz CT molecular complexity index is 365. The first-order valence-electron chi connectivity index (χ1n) is 4.58.